The fourth-order valence-corrected chi connectivity index (χ4v) is 6.33. The van der Waals surface area contributed by atoms with Gasteiger partial charge in [0.25, 0.3) is 0 Å². The van der Waals surface area contributed by atoms with Crippen molar-refractivity contribution >= 4 is 22.7 Å². The highest BCUT2D eigenvalue weighted by Crippen LogP contribution is 2.39. The fourth-order valence-electron chi connectivity index (χ4n) is 4.15. The molecular formula is C18H20O2S. The molecule has 0 N–H and O–H groups in total. The van der Waals surface area contributed by atoms with Crippen LogP contribution >= 0.6 is 0 Å². The van der Waals surface area contributed by atoms with Crippen LogP contribution in [-0.2, 0) is 22.0 Å². The Kier molecular flexibility index (Phi) is 3.33. The van der Waals surface area contributed by atoms with Crippen LogP contribution in [0.5, 0.6) is 0 Å². The summed E-state index contributed by atoms with van der Waals surface area (Å²) in [6.07, 6.45) is 7.82. The highest BCUT2D eigenvalue weighted by molar-refractivity contribution is 7.86. The second kappa shape index (κ2) is 5.20. The first-order valence-corrected chi connectivity index (χ1v) is 9.22. The van der Waals surface area contributed by atoms with Gasteiger partial charge in [0.15, 0.2) is 5.78 Å². The zero-order valence-corrected chi connectivity index (χ0v) is 12.9. The Labute approximate surface area is 128 Å². The predicted octanol–water partition coefficient (Wildman–Crippen LogP) is 3.28. The molecule has 2 atom stereocenters. The molecule has 0 aromatic heterocycles. The lowest BCUT2D eigenvalue weighted by atomic mass is 9.84. The second-order valence-electron chi connectivity index (χ2n) is 6.58. The summed E-state index contributed by atoms with van der Waals surface area (Å²) in [5, 5.41) is 0.548. The summed E-state index contributed by atoms with van der Waals surface area (Å²) in [5.74, 6) is 0.429. The molecule has 2 bridgehead atoms. The largest absolute Gasteiger partial charge is 0.294 e. The molecule has 3 aliphatic rings. The van der Waals surface area contributed by atoms with E-state index in [9.17, 15) is 9.00 Å². The highest BCUT2D eigenvalue weighted by atomic mass is 32.2. The van der Waals surface area contributed by atoms with Crippen molar-refractivity contribution in [3.05, 3.63) is 41.0 Å². The standard InChI is InChI=1S/C18H20O2S/c19-18(14-8-12-4-1-2-5-13(12)9-14)15-10-16-6-3-7-17(11-15)21(16)20/h1-2,4-5,8,15-17H,3,6-7,9-11H2. The zero-order chi connectivity index (χ0) is 14.4. The van der Waals surface area contributed by atoms with Gasteiger partial charge >= 0.3 is 0 Å². The van der Waals surface area contributed by atoms with Crippen molar-refractivity contribution in [1.82, 2.24) is 0 Å². The van der Waals surface area contributed by atoms with E-state index < -0.39 is 10.8 Å². The molecule has 4 rings (SSSR count). The number of allylic oxidation sites excluding steroid dienone is 1. The van der Waals surface area contributed by atoms with E-state index in [1.807, 2.05) is 12.1 Å². The number of rotatable bonds is 2. The van der Waals surface area contributed by atoms with Gasteiger partial charge in [-0.05, 0) is 42.9 Å². The van der Waals surface area contributed by atoms with Gasteiger partial charge in [-0.3, -0.25) is 9.00 Å². The third-order valence-corrected chi connectivity index (χ3v) is 7.43. The van der Waals surface area contributed by atoms with Crippen molar-refractivity contribution in [2.75, 3.05) is 0 Å². The smallest absolute Gasteiger partial charge is 0.162 e. The summed E-state index contributed by atoms with van der Waals surface area (Å²) >= 11 is 0. The molecule has 2 nitrogen and oxygen atoms in total. The lowest BCUT2D eigenvalue weighted by Crippen LogP contribution is -2.41. The minimum atomic E-state index is -0.686. The molecule has 0 saturated carbocycles. The molecule has 3 heteroatoms. The van der Waals surface area contributed by atoms with Crippen LogP contribution in [-0.4, -0.2) is 20.5 Å². The Morgan fingerprint density at radius 2 is 1.81 bits per heavy atom. The molecular weight excluding hydrogens is 280 g/mol. The number of benzene rings is 1. The van der Waals surface area contributed by atoms with Crippen LogP contribution in [0.25, 0.3) is 6.08 Å². The maximum Gasteiger partial charge on any atom is 0.162 e. The van der Waals surface area contributed by atoms with E-state index in [1.165, 1.54) is 17.5 Å². The molecule has 2 heterocycles. The minimum Gasteiger partial charge on any atom is -0.294 e. The van der Waals surface area contributed by atoms with Gasteiger partial charge in [0.05, 0.1) is 0 Å². The molecule has 2 fully saturated rings. The zero-order valence-electron chi connectivity index (χ0n) is 12.1. The molecule has 1 aliphatic carbocycles. The van der Waals surface area contributed by atoms with Gasteiger partial charge in [0.1, 0.15) is 0 Å². The summed E-state index contributed by atoms with van der Waals surface area (Å²) in [6, 6.07) is 8.25. The summed E-state index contributed by atoms with van der Waals surface area (Å²) < 4.78 is 12.3. The Hall–Kier alpha value is -1.22. The SMILES string of the molecule is O=C(C1=Cc2ccccc2C1)C1CC2CCCC(C1)S2=O. The average molecular weight is 300 g/mol. The van der Waals surface area contributed by atoms with E-state index in [-0.39, 0.29) is 16.4 Å². The van der Waals surface area contributed by atoms with Crippen LogP contribution in [0.2, 0.25) is 0 Å². The Morgan fingerprint density at radius 1 is 1.10 bits per heavy atom. The van der Waals surface area contributed by atoms with Crippen molar-refractivity contribution in [3.63, 3.8) is 0 Å². The monoisotopic (exact) mass is 300 g/mol. The van der Waals surface area contributed by atoms with Crippen LogP contribution in [0.1, 0.15) is 43.2 Å². The normalized spacial score (nSPS) is 34.2. The van der Waals surface area contributed by atoms with Crippen LogP contribution in [0.15, 0.2) is 29.8 Å². The maximum absolute atomic E-state index is 12.8. The molecule has 2 saturated heterocycles. The van der Waals surface area contributed by atoms with Gasteiger partial charge in [-0.1, -0.05) is 30.7 Å². The molecule has 2 aliphatic heterocycles. The predicted molar refractivity (Wildman–Crippen MR) is 85.4 cm³/mol. The summed E-state index contributed by atoms with van der Waals surface area (Å²) in [4.78, 5) is 12.8. The van der Waals surface area contributed by atoms with E-state index in [0.717, 1.165) is 37.7 Å². The van der Waals surface area contributed by atoms with Crippen molar-refractivity contribution in [1.29, 1.82) is 0 Å². The Morgan fingerprint density at radius 3 is 2.52 bits per heavy atom. The summed E-state index contributed by atoms with van der Waals surface area (Å²) in [6.45, 7) is 0. The molecule has 110 valence electrons. The maximum atomic E-state index is 12.8. The van der Waals surface area contributed by atoms with Crippen molar-refractivity contribution in [3.8, 4) is 0 Å². The first kappa shape index (κ1) is 13.4. The third-order valence-electron chi connectivity index (χ3n) is 5.26. The molecule has 1 aromatic carbocycles. The Bertz CT molecular complexity index is 630. The first-order valence-electron chi connectivity index (χ1n) is 7.94. The first-order chi connectivity index (χ1) is 10.2. The summed E-state index contributed by atoms with van der Waals surface area (Å²) in [7, 11) is -0.686. The number of carbonyl (C=O) groups is 1. The number of Topliss-reactive ketones (excluding diaryl/α,β-unsaturated/α-hetero) is 1. The van der Waals surface area contributed by atoms with E-state index in [0.29, 0.717) is 5.78 Å². The number of fused-ring (bicyclic) bond motifs is 3. The summed E-state index contributed by atoms with van der Waals surface area (Å²) in [5.41, 5.74) is 3.42. The number of ketones is 1. The lowest BCUT2D eigenvalue weighted by molar-refractivity contribution is -0.119. The second-order valence-corrected chi connectivity index (χ2v) is 8.57. The molecule has 0 spiro atoms. The lowest BCUT2D eigenvalue weighted by Gasteiger charge is -2.37. The van der Waals surface area contributed by atoms with E-state index in [2.05, 4.69) is 18.2 Å². The van der Waals surface area contributed by atoms with E-state index >= 15 is 0 Å². The average Bonchev–Trinajstić information content (AvgIpc) is 2.90. The van der Waals surface area contributed by atoms with Crippen molar-refractivity contribution in [2.24, 2.45) is 5.92 Å². The number of carbonyl (C=O) groups excluding carboxylic acids is 1. The molecule has 1 aromatic rings. The van der Waals surface area contributed by atoms with Crippen LogP contribution < -0.4 is 0 Å². The molecule has 2 unspecified atom stereocenters. The van der Waals surface area contributed by atoms with Gasteiger partial charge in [0, 0.05) is 39.2 Å². The van der Waals surface area contributed by atoms with Gasteiger partial charge in [0.2, 0.25) is 0 Å². The van der Waals surface area contributed by atoms with Crippen molar-refractivity contribution < 1.29 is 9.00 Å². The third kappa shape index (κ3) is 2.32. The topological polar surface area (TPSA) is 34.1 Å². The van der Waals surface area contributed by atoms with Crippen LogP contribution in [0.3, 0.4) is 0 Å². The van der Waals surface area contributed by atoms with Crippen LogP contribution in [0.4, 0.5) is 0 Å². The molecule has 21 heavy (non-hydrogen) atoms. The quantitative estimate of drug-likeness (QED) is 0.840. The molecule has 0 amide bonds. The minimum absolute atomic E-state index is 0.110. The van der Waals surface area contributed by atoms with Crippen LogP contribution in [0, 0.1) is 5.92 Å². The number of hydrogen-bond acceptors (Lipinski definition) is 2. The number of hydrogen-bond donors (Lipinski definition) is 0. The highest BCUT2D eigenvalue weighted by Gasteiger charge is 2.41. The van der Waals surface area contributed by atoms with E-state index in [1.54, 1.807) is 0 Å². The fraction of sp³-hybridized carbons (Fsp3) is 0.500. The van der Waals surface area contributed by atoms with Gasteiger partial charge < -0.3 is 0 Å². The van der Waals surface area contributed by atoms with Crippen molar-refractivity contribution in [2.45, 2.75) is 49.0 Å². The van der Waals surface area contributed by atoms with E-state index in [4.69, 9.17) is 0 Å². The molecule has 0 radical (unpaired) electrons. The Balaban J connectivity index is 1.53. The van der Waals surface area contributed by atoms with Gasteiger partial charge in [-0.15, -0.1) is 0 Å². The van der Waals surface area contributed by atoms with Gasteiger partial charge in [-0.2, -0.15) is 0 Å². The van der Waals surface area contributed by atoms with Gasteiger partial charge in [-0.25, -0.2) is 0 Å².